The Morgan fingerprint density at radius 1 is 1.21 bits per heavy atom. The average molecular weight is 473 g/mol. The van der Waals surface area contributed by atoms with Gasteiger partial charge in [-0.05, 0) is 31.9 Å². The standard InChI is InChI=1S/C22H24FN5O6/c1-9-7-28-15-11(5-13-16(14(15)23)34-26-18(13)27-4-3-12(29)8-27)6-22(17(28)10(2)33-9)19(30)24-21(32)25-20(22)31/h5,9-10,12,17,29H,3-4,6-8H2,1-2H3,(H2,24,25,30,31,32)/t9-,10+,12+,17-/m1/s1. The number of amides is 4. The van der Waals surface area contributed by atoms with Gasteiger partial charge in [0, 0.05) is 26.1 Å². The molecular formula is C22H24FN5O6. The number of aliphatic hydroxyl groups is 1. The van der Waals surface area contributed by atoms with E-state index >= 15 is 4.39 Å². The summed E-state index contributed by atoms with van der Waals surface area (Å²) in [6.07, 6.45) is -0.979. The minimum absolute atomic E-state index is 0.0237. The third-order valence-electron chi connectivity index (χ3n) is 7.41. The van der Waals surface area contributed by atoms with Crippen molar-refractivity contribution in [2.45, 2.75) is 51.0 Å². The van der Waals surface area contributed by atoms with Crippen LogP contribution in [0, 0.1) is 11.2 Å². The summed E-state index contributed by atoms with van der Waals surface area (Å²) in [5.41, 5.74) is -1.04. The molecular weight excluding hydrogens is 449 g/mol. The molecule has 12 heteroatoms. The Hall–Kier alpha value is -3.25. The second-order valence-corrected chi connectivity index (χ2v) is 9.60. The Morgan fingerprint density at radius 2 is 1.94 bits per heavy atom. The van der Waals surface area contributed by atoms with Gasteiger partial charge in [0.15, 0.2) is 17.1 Å². The smallest absolute Gasteiger partial charge is 0.328 e. The van der Waals surface area contributed by atoms with Crippen LogP contribution in [-0.2, 0) is 20.7 Å². The van der Waals surface area contributed by atoms with Crippen LogP contribution in [0.4, 0.5) is 20.7 Å². The first-order valence-corrected chi connectivity index (χ1v) is 11.3. The molecule has 4 aliphatic rings. The van der Waals surface area contributed by atoms with Crippen molar-refractivity contribution >= 4 is 40.3 Å². The van der Waals surface area contributed by atoms with Crippen LogP contribution in [0.5, 0.6) is 0 Å². The van der Waals surface area contributed by atoms with E-state index in [2.05, 4.69) is 15.8 Å². The molecule has 6 rings (SSSR count). The molecule has 3 N–H and O–H groups in total. The van der Waals surface area contributed by atoms with Crippen molar-refractivity contribution in [2.75, 3.05) is 29.4 Å². The van der Waals surface area contributed by atoms with E-state index in [-0.39, 0.29) is 30.3 Å². The number of anilines is 2. The number of aliphatic hydroxyl groups excluding tert-OH is 1. The van der Waals surface area contributed by atoms with Crippen molar-refractivity contribution in [1.82, 2.24) is 15.8 Å². The van der Waals surface area contributed by atoms with Crippen molar-refractivity contribution in [3.05, 3.63) is 17.4 Å². The average Bonchev–Trinajstić information content (AvgIpc) is 3.37. The summed E-state index contributed by atoms with van der Waals surface area (Å²) >= 11 is 0. The van der Waals surface area contributed by atoms with Crippen LogP contribution >= 0.6 is 0 Å². The van der Waals surface area contributed by atoms with Gasteiger partial charge in [-0.15, -0.1) is 0 Å². The Bertz CT molecular complexity index is 1230. The lowest BCUT2D eigenvalue weighted by Crippen LogP contribution is -2.75. The molecule has 180 valence electrons. The zero-order chi connectivity index (χ0) is 23.9. The predicted octanol–water partition coefficient (Wildman–Crippen LogP) is 0.429. The lowest BCUT2D eigenvalue weighted by Gasteiger charge is -2.55. The van der Waals surface area contributed by atoms with Gasteiger partial charge in [-0.2, -0.15) is 0 Å². The predicted molar refractivity (Wildman–Crippen MR) is 116 cm³/mol. The van der Waals surface area contributed by atoms with Crippen molar-refractivity contribution in [2.24, 2.45) is 5.41 Å². The normalized spacial score (nSPS) is 30.4. The number of nitrogens with zero attached hydrogens (tertiary/aromatic N) is 3. The Labute approximate surface area is 193 Å². The summed E-state index contributed by atoms with van der Waals surface area (Å²) in [4.78, 5) is 41.9. The summed E-state index contributed by atoms with van der Waals surface area (Å²) in [5, 5.41) is 18.9. The van der Waals surface area contributed by atoms with E-state index in [9.17, 15) is 19.5 Å². The number of β-amino-alcohol motifs (C(OH)–C–C–N with tert-alkyl or cyclic N) is 1. The number of fused-ring (bicyclic) bond motifs is 5. The lowest BCUT2D eigenvalue weighted by atomic mass is 9.66. The molecule has 1 spiro atoms. The van der Waals surface area contributed by atoms with Crippen LogP contribution in [0.15, 0.2) is 10.6 Å². The lowest BCUT2D eigenvalue weighted by molar-refractivity contribution is -0.153. The molecule has 11 nitrogen and oxygen atoms in total. The molecule has 3 fully saturated rings. The van der Waals surface area contributed by atoms with Crippen LogP contribution < -0.4 is 20.4 Å². The number of carbonyl (C=O) groups is 3. The van der Waals surface area contributed by atoms with Gasteiger partial charge in [-0.3, -0.25) is 20.2 Å². The highest BCUT2D eigenvalue weighted by Gasteiger charge is 2.63. The molecule has 0 radical (unpaired) electrons. The van der Waals surface area contributed by atoms with Gasteiger partial charge in [-0.1, -0.05) is 5.16 Å². The fourth-order valence-corrected chi connectivity index (χ4v) is 6.10. The SMILES string of the molecule is C[C@@H]1CN2c3c(cc4c(N5CC[C@H](O)C5)noc4c3F)CC3(C(=O)NC(=O)NC3=O)[C@H]2[C@H](C)O1. The monoisotopic (exact) mass is 473 g/mol. The number of urea groups is 1. The van der Waals surface area contributed by atoms with E-state index in [1.165, 1.54) is 0 Å². The van der Waals surface area contributed by atoms with E-state index in [1.54, 1.807) is 17.9 Å². The second kappa shape index (κ2) is 7.12. The molecule has 5 heterocycles. The molecule has 0 aliphatic carbocycles. The number of hydrogen-bond acceptors (Lipinski definition) is 9. The largest absolute Gasteiger partial charge is 0.391 e. The van der Waals surface area contributed by atoms with Crippen LogP contribution in [0.3, 0.4) is 0 Å². The zero-order valence-electron chi connectivity index (χ0n) is 18.6. The summed E-state index contributed by atoms with van der Waals surface area (Å²) < 4.78 is 27.4. The van der Waals surface area contributed by atoms with E-state index in [0.717, 1.165) is 0 Å². The molecule has 1 aromatic heterocycles. The van der Waals surface area contributed by atoms with Gasteiger partial charge in [0.25, 0.3) is 0 Å². The molecule has 4 aliphatic heterocycles. The third-order valence-corrected chi connectivity index (χ3v) is 7.41. The fourth-order valence-electron chi connectivity index (χ4n) is 6.10. The van der Waals surface area contributed by atoms with E-state index in [0.29, 0.717) is 36.3 Å². The molecule has 34 heavy (non-hydrogen) atoms. The summed E-state index contributed by atoms with van der Waals surface area (Å²) in [7, 11) is 0. The summed E-state index contributed by atoms with van der Waals surface area (Å²) in [6.45, 7) is 4.69. The first kappa shape index (κ1) is 21.3. The third kappa shape index (κ3) is 2.75. The highest BCUT2D eigenvalue weighted by Crippen LogP contribution is 2.49. The first-order valence-electron chi connectivity index (χ1n) is 11.3. The molecule has 4 amide bonds. The molecule has 0 bridgehead atoms. The molecule has 1 aromatic carbocycles. The summed E-state index contributed by atoms with van der Waals surface area (Å²) in [5.74, 6) is -1.69. The number of imide groups is 2. The Kier molecular flexibility index (Phi) is 4.46. The maximum Gasteiger partial charge on any atom is 0.328 e. The number of nitrogens with one attached hydrogen (secondary N) is 2. The van der Waals surface area contributed by atoms with Gasteiger partial charge in [0.1, 0.15) is 0 Å². The minimum Gasteiger partial charge on any atom is -0.391 e. The number of hydrogen-bond donors (Lipinski definition) is 3. The summed E-state index contributed by atoms with van der Waals surface area (Å²) in [6, 6.07) is -0.0250. The highest BCUT2D eigenvalue weighted by molar-refractivity contribution is 6.20. The molecule has 0 saturated carbocycles. The number of barbiturate groups is 1. The van der Waals surface area contributed by atoms with E-state index < -0.39 is 47.3 Å². The van der Waals surface area contributed by atoms with Crippen molar-refractivity contribution in [3.8, 4) is 0 Å². The zero-order valence-corrected chi connectivity index (χ0v) is 18.6. The molecule has 3 saturated heterocycles. The van der Waals surface area contributed by atoms with Crippen LogP contribution in [-0.4, -0.2) is 72.1 Å². The Balaban J connectivity index is 1.56. The number of benzene rings is 1. The highest BCUT2D eigenvalue weighted by atomic mass is 19.1. The van der Waals surface area contributed by atoms with Crippen LogP contribution in [0.1, 0.15) is 25.8 Å². The molecule has 4 atom stereocenters. The van der Waals surface area contributed by atoms with Gasteiger partial charge >= 0.3 is 6.03 Å². The van der Waals surface area contributed by atoms with Crippen molar-refractivity contribution in [1.29, 1.82) is 0 Å². The molecule has 0 unspecified atom stereocenters. The maximum atomic E-state index is 16.0. The minimum atomic E-state index is -1.69. The second-order valence-electron chi connectivity index (χ2n) is 9.60. The fraction of sp³-hybridized carbons (Fsp3) is 0.545. The topological polar surface area (TPSA) is 137 Å². The number of halogens is 1. The number of carbonyl (C=O) groups excluding carboxylic acids is 3. The van der Waals surface area contributed by atoms with Gasteiger partial charge in [0.2, 0.25) is 17.4 Å². The Morgan fingerprint density at radius 3 is 2.62 bits per heavy atom. The van der Waals surface area contributed by atoms with E-state index in [4.69, 9.17) is 9.26 Å². The van der Waals surface area contributed by atoms with Crippen molar-refractivity contribution in [3.63, 3.8) is 0 Å². The van der Waals surface area contributed by atoms with Crippen molar-refractivity contribution < 1.29 is 33.1 Å². The number of ether oxygens (including phenoxy) is 1. The van der Waals surface area contributed by atoms with Gasteiger partial charge in [-0.25, -0.2) is 9.18 Å². The van der Waals surface area contributed by atoms with Crippen LogP contribution in [0.25, 0.3) is 11.0 Å². The number of morpholine rings is 1. The molecule has 2 aromatic rings. The number of rotatable bonds is 1. The number of aromatic nitrogens is 1. The maximum absolute atomic E-state index is 16.0. The van der Waals surface area contributed by atoms with E-state index in [1.807, 2.05) is 11.8 Å². The van der Waals surface area contributed by atoms with Gasteiger partial charge < -0.3 is 24.2 Å². The van der Waals surface area contributed by atoms with Crippen LogP contribution in [0.2, 0.25) is 0 Å². The quantitative estimate of drug-likeness (QED) is 0.504. The first-order chi connectivity index (χ1) is 16.2. The van der Waals surface area contributed by atoms with Gasteiger partial charge in [0.05, 0.1) is 35.4 Å².